The topological polar surface area (TPSA) is 49.8 Å². The van der Waals surface area contributed by atoms with Crippen LogP contribution in [0.2, 0.25) is 0 Å². The minimum Gasteiger partial charge on any atom is -0.497 e. The van der Waals surface area contributed by atoms with E-state index in [4.69, 9.17) is 4.74 Å². The molecule has 0 aromatic heterocycles. The molecule has 0 saturated carbocycles. The van der Waals surface area contributed by atoms with Gasteiger partial charge in [0.2, 0.25) is 0 Å². The lowest BCUT2D eigenvalue weighted by molar-refractivity contribution is -0.145. The fourth-order valence-corrected chi connectivity index (χ4v) is 3.92. The third kappa shape index (κ3) is 3.75. The number of nitrogens with zero attached hydrogens (tertiary/aromatic N) is 1. The minimum atomic E-state index is -0.728. The van der Waals surface area contributed by atoms with Crippen LogP contribution in [0.15, 0.2) is 42.5 Å². The van der Waals surface area contributed by atoms with E-state index < -0.39 is 12.0 Å². The summed E-state index contributed by atoms with van der Waals surface area (Å²) in [6.07, 6.45) is 2.70. The molecule has 0 bridgehead atoms. The first-order valence-corrected chi connectivity index (χ1v) is 9.21. The van der Waals surface area contributed by atoms with E-state index in [2.05, 4.69) is 49.1 Å². The molecule has 1 aliphatic rings. The van der Waals surface area contributed by atoms with Crippen molar-refractivity contribution in [2.45, 2.75) is 45.2 Å². The molecule has 1 heterocycles. The van der Waals surface area contributed by atoms with Gasteiger partial charge in [-0.05, 0) is 62.1 Å². The van der Waals surface area contributed by atoms with Gasteiger partial charge in [-0.3, -0.25) is 9.69 Å². The highest BCUT2D eigenvalue weighted by atomic mass is 16.5. The Balaban J connectivity index is 2.11. The van der Waals surface area contributed by atoms with Gasteiger partial charge in [-0.1, -0.05) is 42.3 Å². The van der Waals surface area contributed by atoms with Crippen LogP contribution in [-0.4, -0.2) is 35.7 Å². The molecular weight excluding hydrogens is 326 g/mol. The summed E-state index contributed by atoms with van der Waals surface area (Å²) in [5, 5.41) is 9.80. The van der Waals surface area contributed by atoms with Crippen molar-refractivity contribution in [1.29, 1.82) is 0 Å². The van der Waals surface area contributed by atoms with Gasteiger partial charge in [0.1, 0.15) is 11.8 Å². The molecule has 26 heavy (non-hydrogen) atoms. The van der Waals surface area contributed by atoms with Gasteiger partial charge in [0.25, 0.3) is 0 Å². The van der Waals surface area contributed by atoms with Crippen LogP contribution in [0.3, 0.4) is 0 Å². The zero-order chi connectivity index (χ0) is 18.7. The van der Waals surface area contributed by atoms with Crippen LogP contribution >= 0.6 is 0 Å². The number of carboxylic acids is 1. The molecule has 1 fully saturated rings. The molecule has 0 amide bonds. The number of likely N-dealkylation sites (tertiary alicyclic amines) is 1. The van der Waals surface area contributed by atoms with Gasteiger partial charge >= 0.3 is 5.97 Å². The smallest absolute Gasteiger partial charge is 0.320 e. The summed E-state index contributed by atoms with van der Waals surface area (Å²) >= 11 is 0. The van der Waals surface area contributed by atoms with Gasteiger partial charge in [-0.2, -0.15) is 0 Å². The van der Waals surface area contributed by atoms with E-state index in [-0.39, 0.29) is 6.04 Å². The Labute approximate surface area is 155 Å². The van der Waals surface area contributed by atoms with Crippen molar-refractivity contribution in [3.8, 4) is 5.75 Å². The molecule has 2 aromatic carbocycles. The quantitative estimate of drug-likeness (QED) is 0.869. The van der Waals surface area contributed by atoms with Crippen LogP contribution in [0, 0.1) is 13.8 Å². The van der Waals surface area contributed by atoms with Crippen LogP contribution in [0.25, 0.3) is 0 Å². The van der Waals surface area contributed by atoms with Crippen LogP contribution in [0.1, 0.15) is 47.6 Å². The molecule has 4 nitrogen and oxygen atoms in total. The van der Waals surface area contributed by atoms with E-state index >= 15 is 0 Å². The maximum atomic E-state index is 11.9. The van der Waals surface area contributed by atoms with Crippen molar-refractivity contribution < 1.29 is 14.6 Å². The Morgan fingerprint density at radius 1 is 1.15 bits per heavy atom. The first-order valence-electron chi connectivity index (χ1n) is 9.21. The molecular formula is C22H27NO3. The summed E-state index contributed by atoms with van der Waals surface area (Å²) in [5.74, 6) is 0.0791. The first-order chi connectivity index (χ1) is 12.5. The van der Waals surface area contributed by atoms with Crippen molar-refractivity contribution >= 4 is 5.97 Å². The minimum absolute atomic E-state index is 0.0674. The average molecular weight is 353 g/mol. The molecule has 3 rings (SSSR count). The van der Waals surface area contributed by atoms with Crippen molar-refractivity contribution in [3.05, 3.63) is 64.7 Å². The standard InChI is InChI=1S/C22H27NO3/c1-15-7-8-16(2)19(14-15)21(17-9-11-18(26-3)12-10-17)23-13-5-4-6-20(23)22(24)25/h7-12,14,20-21H,4-6,13H2,1-3H3,(H,24,25). The molecule has 1 saturated heterocycles. The van der Waals surface area contributed by atoms with Gasteiger partial charge in [0.05, 0.1) is 13.2 Å². The maximum Gasteiger partial charge on any atom is 0.320 e. The zero-order valence-corrected chi connectivity index (χ0v) is 15.7. The number of aryl methyl sites for hydroxylation is 2. The number of carboxylic acid groups (broad SMARTS) is 1. The van der Waals surface area contributed by atoms with E-state index in [1.54, 1.807) is 7.11 Å². The molecule has 1 aliphatic heterocycles. The van der Waals surface area contributed by atoms with Crippen LogP contribution in [0.4, 0.5) is 0 Å². The number of hydrogen-bond donors (Lipinski definition) is 1. The van der Waals surface area contributed by atoms with Gasteiger partial charge in [-0.25, -0.2) is 0 Å². The normalized spacial score (nSPS) is 19.1. The third-order valence-corrected chi connectivity index (χ3v) is 5.32. The summed E-state index contributed by atoms with van der Waals surface area (Å²) < 4.78 is 5.29. The van der Waals surface area contributed by atoms with Gasteiger partial charge in [0.15, 0.2) is 0 Å². The molecule has 1 N–H and O–H groups in total. The molecule has 0 spiro atoms. The Bertz CT molecular complexity index is 769. The Morgan fingerprint density at radius 2 is 1.88 bits per heavy atom. The Kier molecular flexibility index (Phi) is 5.62. The molecule has 0 aliphatic carbocycles. The summed E-state index contributed by atoms with van der Waals surface area (Å²) in [7, 11) is 1.66. The number of hydrogen-bond acceptors (Lipinski definition) is 3. The van der Waals surface area contributed by atoms with E-state index in [1.165, 1.54) is 16.7 Å². The predicted molar refractivity (Wildman–Crippen MR) is 103 cm³/mol. The summed E-state index contributed by atoms with van der Waals surface area (Å²) in [4.78, 5) is 14.1. The van der Waals surface area contributed by atoms with Crippen molar-refractivity contribution in [3.63, 3.8) is 0 Å². The van der Waals surface area contributed by atoms with Crippen molar-refractivity contribution in [1.82, 2.24) is 4.90 Å². The highest BCUT2D eigenvalue weighted by Crippen LogP contribution is 2.36. The van der Waals surface area contributed by atoms with Gasteiger partial charge in [0, 0.05) is 0 Å². The number of methoxy groups -OCH3 is 1. The number of ether oxygens (including phenoxy) is 1. The lowest BCUT2D eigenvalue weighted by Crippen LogP contribution is -2.47. The van der Waals surface area contributed by atoms with E-state index in [0.717, 1.165) is 30.7 Å². The number of benzene rings is 2. The van der Waals surface area contributed by atoms with Crippen LogP contribution in [-0.2, 0) is 4.79 Å². The number of carbonyl (C=O) groups is 1. The van der Waals surface area contributed by atoms with E-state index in [9.17, 15) is 9.90 Å². The molecule has 2 aromatic rings. The SMILES string of the molecule is COc1ccc(C(c2cc(C)ccc2C)N2CCCCC2C(=O)O)cc1. The second kappa shape index (κ2) is 7.92. The molecule has 2 atom stereocenters. The lowest BCUT2D eigenvalue weighted by Gasteiger charge is -2.40. The average Bonchev–Trinajstić information content (AvgIpc) is 2.65. The predicted octanol–water partition coefficient (Wildman–Crippen LogP) is 4.34. The highest BCUT2D eigenvalue weighted by Gasteiger charge is 2.35. The van der Waals surface area contributed by atoms with E-state index in [0.29, 0.717) is 6.42 Å². The van der Waals surface area contributed by atoms with Crippen molar-refractivity contribution in [2.24, 2.45) is 0 Å². The van der Waals surface area contributed by atoms with E-state index in [1.807, 2.05) is 12.1 Å². The third-order valence-electron chi connectivity index (χ3n) is 5.32. The monoisotopic (exact) mass is 353 g/mol. The Hall–Kier alpha value is -2.33. The molecule has 4 heteroatoms. The summed E-state index contributed by atoms with van der Waals surface area (Å²) in [6.45, 7) is 4.98. The largest absolute Gasteiger partial charge is 0.497 e. The van der Waals surface area contributed by atoms with Crippen LogP contribution in [0.5, 0.6) is 5.75 Å². The summed E-state index contributed by atoms with van der Waals surface area (Å²) in [5.41, 5.74) is 4.66. The lowest BCUT2D eigenvalue weighted by atomic mass is 9.89. The number of piperidine rings is 1. The van der Waals surface area contributed by atoms with Gasteiger partial charge in [-0.15, -0.1) is 0 Å². The highest BCUT2D eigenvalue weighted by molar-refractivity contribution is 5.73. The Morgan fingerprint density at radius 3 is 2.54 bits per heavy atom. The molecule has 0 radical (unpaired) electrons. The fraction of sp³-hybridized carbons (Fsp3) is 0.409. The maximum absolute atomic E-state index is 11.9. The number of aliphatic carboxylic acids is 1. The summed E-state index contributed by atoms with van der Waals surface area (Å²) in [6, 6.07) is 13.9. The van der Waals surface area contributed by atoms with Crippen molar-refractivity contribution in [2.75, 3.05) is 13.7 Å². The fourth-order valence-electron chi connectivity index (χ4n) is 3.92. The molecule has 138 valence electrons. The second-order valence-electron chi connectivity index (χ2n) is 7.12. The van der Waals surface area contributed by atoms with Gasteiger partial charge < -0.3 is 9.84 Å². The number of rotatable bonds is 5. The second-order valence-corrected chi connectivity index (χ2v) is 7.12. The zero-order valence-electron chi connectivity index (χ0n) is 15.7. The van der Waals surface area contributed by atoms with Crippen LogP contribution < -0.4 is 4.74 Å². The molecule has 2 unspecified atom stereocenters. The first kappa shape index (κ1) is 18.5.